The van der Waals surface area contributed by atoms with Gasteiger partial charge in [-0.15, -0.1) is 0 Å². The van der Waals surface area contributed by atoms with Crippen LogP contribution in [-0.2, 0) is 6.18 Å². The van der Waals surface area contributed by atoms with Gasteiger partial charge >= 0.3 is 6.18 Å². The van der Waals surface area contributed by atoms with Crippen molar-refractivity contribution in [2.45, 2.75) is 6.18 Å². The summed E-state index contributed by atoms with van der Waals surface area (Å²) >= 11 is 23.2. The van der Waals surface area contributed by atoms with Crippen molar-refractivity contribution in [2.24, 2.45) is 0 Å². The number of benzene rings is 2. The summed E-state index contributed by atoms with van der Waals surface area (Å²) in [6.45, 7) is 0. The predicted molar refractivity (Wildman–Crippen MR) is 76.9 cm³/mol. The Kier molecular flexibility index (Phi) is 4.45. The number of halogens is 7. The third kappa shape index (κ3) is 3.17. The molecule has 0 bridgehead atoms. The molecule has 106 valence electrons. The van der Waals surface area contributed by atoms with Gasteiger partial charge in [-0.05, 0) is 29.8 Å². The van der Waals surface area contributed by atoms with Gasteiger partial charge in [-0.2, -0.15) is 13.2 Å². The molecule has 0 N–H and O–H groups in total. The quantitative estimate of drug-likeness (QED) is 0.481. The lowest BCUT2D eigenvalue weighted by molar-refractivity contribution is -0.137. The molecule has 2 aromatic rings. The fraction of sp³-hybridized carbons (Fsp3) is 0.0769. The highest BCUT2D eigenvalue weighted by molar-refractivity contribution is 6.44. The molecular formula is C13H5Cl4F3. The van der Waals surface area contributed by atoms with E-state index >= 15 is 0 Å². The molecule has 0 amide bonds. The van der Waals surface area contributed by atoms with Crippen LogP contribution in [0.3, 0.4) is 0 Å². The van der Waals surface area contributed by atoms with Crippen LogP contribution >= 0.6 is 46.4 Å². The summed E-state index contributed by atoms with van der Waals surface area (Å²) in [6, 6.07) is 6.04. The largest absolute Gasteiger partial charge is 0.417 e. The first-order valence-corrected chi connectivity index (χ1v) is 6.73. The van der Waals surface area contributed by atoms with Crippen LogP contribution in [0.25, 0.3) is 11.1 Å². The van der Waals surface area contributed by atoms with Crippen LogP contribution in [0.5, 0.6) is 0 Å². The second-order valence-electron chi connectivity index (χ2n) is 3.93. The molecule has 20 heavy (non-hydrogen) atoms. The van der Waals surface area contributed by atoms with E-state index in [-0.39, 0.29) is 31.2 Å². The Morgan fingerprint density at radius 1 is 0.700 bits per heavy atom. The van der Waals surface area contributed by atoms with Gasteiger partial charge in [-0.3, -0.25) is 0 Å². The van der Waals surface area contributed by atoms with Gasteiger partial charge in [-0.25, -0.2) is 0 Å². The van der Waals surface area contributed by atoms with Crippen molar-refractivity contribution < 1.29 is 13.2 Å². The third-order valence-electron chi connectivity index (χ3n) is 2.59. The van der Waals surface area contributed by atoms with Gasteiger partial charge < -0.3 is 0 Å². The highest BCUT2D eigenvalue weighted by Gasteiger charge is 2.34. The van der Waals surface area contributed by atoms with E-state index in [2.05, 4.69) is 0 Å². The maximum Gasteiger partial charge on any atom is 0.417 e. The van der Waals surface area contributed by atoms with Crippen LogP contribution in [0.15, 0.2) is 30.3 Å². The SMILES string of the molecule is FC(F)(F)c1cc(Cl)ccc1-c1cc(Cl)c(Cl)cc1Cl. The van der Waals surface area contributed by atoms with Crippen LogP contribution < -0.4 is 0 Å². The summed E-state index contributed by atoms with van der Waals surface area (Å²) in [5.41, 5.74) is -0.846. The minimum atomic E-state index is -4.56. The summed E-state index contributed by atoms with van der Waals surface area (Å²) in [5, 5.41) is 0.349. The lowest BCUT2D eigenvalue weighted by Gasteiger charge is -2.15. The summed E-state index contributed by atoms with van der Waals surface area (Å²) in [7, 11) is 0. The zero-order valence-corrected chi connectivity index (χ0v) is 12.6. The van der Waals surface area contributed by atoms with Gasteiger partial charge in [0.2, 0.25) is 0 Å². The van der Waals surface area contributed by atoms with E-state index in [1.54, 1.807) is 0 Å². The van der Waals surface area contributed by atoms with Crippen LogP contribution in [0.4, 0.5) is 13.2 Å². The molecule has 7 heteroatoms. The molecule has 0 nitrogen and oxygen atoms in total. The standard InChI is InChI=1S/C13H5Cl4F3/c14-6-1-2-7(9(3-6)13(18,19)20)8-4-11(16)12(17)5-10(8)15/h1-5H. The fourth-order valence-corrected chi connectivity index (χ4v) is 2.54. The Labute approximate surface area is 133 Å². The second kappa shape index (κ2) is 5.64. The lowest BCUT2D eigenvalue weighted by atomic mass is 9.99. The molecule has 0 radical (unpaired) electrons. The van der Waals surface area contributed by atoms with E-state index < -0.39 is 11.7 Å². The molecule has 0 aliphatic rings. The van der Waals surface area contributed by atoms with E-state index in [0.717, 1.165) is 6.07 Å². The Morgan fingerprint density at radius 2 is 1.30 bits per heavy atom. The van der Waals surface area contributed by atoms with E-state index in [1.807, 2.05) is 0 Å². The molecule has 0 atom stereocenters. The van der Waals surface area contributed by atoms with Gasteiger partial charge in [0, 0.05) is 15.6 Å². The maximum atomic E-state index is 13.1. The summed E-state index contributed by atoms with van der Waals surface area (Å²) in [4.78, 5) is 0. The normalized spacial score (nSPS) is 11.8. The van der Waals surface area contributed by atoms with E-state index in [0.29, 0.717) is 0 Å². The molecule has 0 fully saturated rings. The Morgan fingerprint density at radius 3 is 1.90 bits per heavy atom. The Hall–Kier alpha value is -0.610. The van der Waals surface area contributed by atoms with Gasteiger partial charge in [-0.1, -0.05) is 52.5 Å². The van der Waals surface area contributed by atoms with E-state index in [1.165, 1.54) is 24.3 Å². The molecule has 2 rings (SSSR count). The molecule has 0 saturated heterocycles. The predicted octanol–water partition coefficient (Wildman–Crippen LogP) is 6.99. The van der Waals surface area contributed by atoms with Gasteiger partial charge in [0.25, 0.3) is 0 Å². The van der Waals surface area contributed by atoms with Gasteiger partial charge in [0.05, 0.1) is 15.6 Å². The van der Waals surface area contributed by atoms with Gasteiger partial charge in [0.15, 0.2) is 0 Å². The average Bonchev–Trinajstić information content (AvgIpc) is 2.33. The molecule has 0 saturated carbocycles. The third-order valence-corrected chi connectivity index (χ3v) is 3.86. The summed E-state index contributed by atoms with van der Waals surface area (Å²) < 4.78 is 39.2. The summed E-state index contributed by atoms with van der Waals surface area (Å²) in [6.07, 6.45) is -4.56. The summed E-state index contributed by atoms with van der Waals surface area (Å²) in [5.74, 6) is 0. The van der Waals surface area contributed by atoms with Crippen LogP contribution in [0.2, 0.25) is 20.1 Å². The minimum absolute atomic E-state index is 0.0164. The van der Waals surface area contributed by atoms with Crippen molar-refractivity contribution in [3.05, 3.63) is 56.0 Å². The fourth-order valence-electron chi connectivity index (χ4n) is 1.71. The van der Waals surface area contributed by atoms with Crippen LogP contribution in [0, 0.1) is 0 Å². The van der Waals surface area contributed by atoms with E-state index in [9.17, 15) is 13.2 Å². The van der Waals surface area contributed by atoms with Crippen LogP contribution in [-0.4, -0.2) is 0 Å². The van der Waals surface area contributed by atoms with E-state index in [4.69, 9.17) is 46.4 Å². The Bertz CT molecular complexity index is 665. The van der Waals surface area contributed by atoms with Crippen molar-refractivity contribution in [2.75, 3.05) is 0 Å². The minimum Gasteiger partial charge on any atom is -0.166 e. The highest BCUT2D eigenvalue weighted by atomic mass is 35.5. The zero-order valence-electron chi connectivity index (χ0n) is 9.53. The molecule has 0 aliphatic carbocycles. The van der Waals surface area contributed by atoms with Crippen LogP contribution in [0.1, 0.15) is 5.56 Å². The first-order chi connectivity index (χ1) is 9.20. The van der Waals surface area contributed by atoms with Gasteiger partial charge in [0.1, 0.15) is 0 Å². The van der Waals surface area contributed by atoms with Crippen molar-refractivity contribution >= 4 is 46.4 Å². The number of hydrogen-bond donors (Lipinski definition) is 0. The molecule has 0 heterocycles. The number of hydrogen-bond acceptors (Lipinski definition) is 0. The molecule has 0 aliphatic heterocycles. The van der Waals surface area contributed by atoms with Crippen molar-refractivity contribution in [1.82, 2.24) is 0 Å². The number of alkyl halides is 3. The van der Waals surface area contributed by atoms with Crippen molar-refractivity contribution in [3.63, 3.8) is 0 Å². The van der Waals surface area contributed by atoms with Crippen molar-refractivity contribution in [3.8, 4) is 11.1 Å². The smallest absolute Gasteiger partial charge is 0.166 e. The topological polar surface area (TPSA) is 0 Å². The monoisotopic (exact) mass is 358 g/mol. The number of rotatable bonds is 1. The molecule has 0 spiro atoms. The maximum absolute atomic E-state index is 13.1. The highest BCUT2D eigenvalue weighted by Crippen LogP contribution is 2.42. The lowest BCUT2D eigenvalue weighted by Crippen LogP contribution is -2.07. The average molecular weight is 360 g/mol. The Balaban J connectivity index is 2.73. The molecular weight excluding hydrogens is 355 g/mol. The first kappa shape index (κ1) is 15.8. The first-order valence-electron chi connectivity index (χ1n) is 5.22. The molecule has 0 unspecified atom stereocenters. The van der Waals surface area contributed by atoms with Crippen molar-refractivity contribution in [1.29, 1.82) is 0 Å². The molecule has 0 aromatic heterocycles. The molecule has 2 aromatic carbocycles. The second-order valence-corrected chi connectivity index (χ2v) is 5.59. The zero-order chi connectivity index (χ0) is 15.1.